The van der Waals surface area contributed by atoms with E-state index in [-0.39, 0.29) is 0 Å². The highest BCUT2D eigenvalue weighted by Gasteiger charge is 2.10. The van der Waals surface area contributed by atoms with Gasteiger partial charge in [0.1, 0.15) is 0 Å². The van der Waals surface area contributed by atoms with Crippen molar-refractivity contribution in [2.75, 3.05) is 0 Å². The molecule has 1 radical (unpaired) electrons. The number of hydrogen-bond donors (Lipinski definition) is 1. The Kier molecular flexibility index (Phi) is 1.48. The summed E-state index contributed by atoms with van der Waals surface area (Å²) in [5, 5.41) is 2.86. The van der Waals surface area contributed by atoms with Crippen LogP contribution in [0.1, 0.15) is 0 Å². The molecule has 1 aliphatic heterocycles. The maximum atomic E-state index is 8.21. The molecule has 1 rings (SSSR count). The lowest BCUT2D eigenvalue weighted by molar-refractivity contribution is 0.172. The van der Waals surface area contributed by atoms with Crippen molar-refractivity contribution in [2.24, 2.45) is 10.8 Å². The molecule has 0 aromatic carbocycles. The van der Waals surface area contributed by atoms with E-state index in [1.807, 2.05) is 0 Å². The lowest BCUT2D eigenvalue weighted by atomic mass is 10.3. The monoisotopic (exact) mass is 124 g/mol. The highest BCUT2D eigenvalue weighted by atomic mass is 16.5. The van der Waals surface area contributed by atoms with Crippen LogP contribution in [0.15, 0.2) is 29.2 Å². The highest BCUT2D eigenvalue weighted by Crippen LogP contribution is 2.06. The standard InChI is InChI=1S/C5H6N3O/c6-4-2-1-3-9-5(4)8-7/h1-3,5H,6H2. The van der Waals surface area contributed by atoms with E-state index in [9.17, 15) is 0 Å². The van der Waals surface area contributed by atoms with E-state index in [0.717, 1.165) is 0 Å². The number of ether oxygens (including phenoxy) is 1. The molecule has 47 valence electrons. The molecule has 0 aromatic heterocycles. The predicted octanol–water partition coefficient (Wildman–Crippen LogP) is -0.0487. The SMILES string of the molecule is [N]=NC1OC=CC=C1N. The summed E-state index contributed by atoms with van der Waals surface area (Å²) in [6.07, 6.45) is 3.96. The zero-order valence-electron chi connectivity index (χ0n) is 4.69. The van der Waals surface area contributed by atoms with Gasteiger partial charge in [-0.15, -0.1) is 5.11 Å². The molecule has 1 unspecified atom stereocenters. The Hall–Kier alpha value is -1.32. The van der Waals surface area contributed by atoms with E-state index in [1.165, 1.54) is 6.26 Å². The molecular formula is C5H6N3O. The van der Waals surface area contributed by atoms with Gasteiger partial charge in [-0.3, -0.25) is 0 Å². The van der Waals surface area contributed by atoms with Crippen LogP contribution in [0.4, 0.5) is 0 Å². The molecule has 9 heavy (non-hydrogen) atoms. The molecule has 1 aliphatic rings. The largest absolute Gasteiger partial charge is 0.469 e. The second-order valence-corrected chi connectivity index (χ2v) is 1.60. The molecule has 0 fully saturated rings. The number of rotatable bonds is 1. The van der Waals surface area contributed by atoms with E-state index in [2.05, 4.69) is 5.11 Å². The van der Waals surface area contributed by atoms with Crippen LogP contribution in [0, 0.1) is 0 Å². The van der Waals surface area contributed by atoms with Gasteiger partial charge in [-0.25, -0.2) is 0 Å². The first-order valence-corrected chi connectivity index (χ1v) is 2.46. The molecule has 4 heteroatoms. The first kappa shape index (κ1) is 5.81. The zero-order valence-corrected chi connectivity index (χ0v) is 4.69. The van der Waals surface area contributed by atoms with Gasteiger partial charge in [-0.05, 0) is 17.7 Å². The van der Waals surface area contributed by atoms with Gasteiger partial charge in [-0.1, -0.05) is 0 Å². The number of allylic oxidation sites excluding steroid dienone is 2. The Morgan fingerprint density at radius 3 is 3.00 bits per heavy atom. The molecular weight excluding hydrogens is 118 g/mol. The van der Waals surface area contributed by atoms with E-state index in [4.69, 9.17) is 16.0 Å². The van der Waals surface area contributed by atoms with Crippen LogP contribution in [0.3, 0.4) is 0 Å². The van der Waals surface area contributed by atoms with Gasteiger partial charge in [0.15, 0.2) is 0 Å². The van der Waals surface area contributed by atoms with Crippen LogP contribution in [0.5, 0.6) is 0 Å². The molecule has 0 bridgehead atoms. The number of nitrogens with two attached hydrogens (primary N) is 1. The molecule has 1 heterocycles. The summed E-state index contributed by atoms with van der Waals surface area (Å²) >= 11 is 0. The Balaban J connectivity index is 2.69. The van der Waals surface area contributed by atoms with Gasteiger partial charge < -0.3 is 10.5 Å². The van der Waals surface area contributed by atoms with Gasteiger partial charge >= 0.3 is 0 Å². The van der Waals surface area contributed by atoms with Crippen molar-refractivity contribution < 1.29 is 4.74 Å². The average Bonchev–Trinajstić information content (AvgIpc) is 1.89. The summed E-state index contributed by atoms with van der Waals surface area (Å²) in [6, 6.07) is 0. The molecule has 0 amide bonds. The minimum atomic E-state index is -0.713. The van der Waals surface area contributed by atoms with Crippen LogP contribution in [0.25, 0.3) is 0 Å². The van der Waals surface area contributed by atoms with Crippen LogP contribution >= 0.6 is 0 Å². The van der Waals surface area contributed by atoms with Crippen molar-refractivity contribution in [3.63, 3.8) is 0 Å². The quantitative estimate of drug-likeness (QED) is 0.498. The second kappa shape index (κ2) is 2.30. The molecule has 0 saturated heterocycles. The molecule has 1 atom stereocenters. The molecule has 2 N–H and O–H groups in total. The maximum Gasteiger partial charge on any atom is 0.249 e. The van der Waals surface area contributed by atoms with Crippen molar-refractivity contribution in [1.82, 2.24) is 5.53 Å². The summed E-state index contributed by atoms with van der Waals surface area (Å²) in [5.41, 5.74) is 13.9. The summed E-state index contributed by atoms with van der Waals surface area (Å²) in [5.74, 6) is 0. The maximum absolute atomic E-state index is 8.21. The fraction of sp³-hybridized carbons (Fsp3) is 0.200. The highest BCUT2D eigenvalue weighted by molar-refractivity contribution is 5.15. The number of hydrogen-bond acceptors (Lipinski definition) is 3. The van der Waals surface area contributed by atoms with Crippen molar-refractivity contribution in [3.05, 3.63) is 24.1 Å². The Morgan fingerprint density at radius 2 is 2.56 bits per heavy atom. The minimum absolute atomic E-state index is 0.403. The zero-order chi connectivity index (χ0) is 6.69. The van der Waals surface area contributed by atoms with Crippen molar-refractivity contribution in [1.29, 1.82) is 0 Å². The summed E-state index contributed by atoms with van der Waals surface area (Å²) in [6.45, 7) is 0. The van der Waals surface area contributed by atoms with Crippen molar-refractivity contribution >= 4 is 0 Å². The minimum Gasteiger partial charge on any atom is -0.469 e. The first-order chi connectivity index (χ1) is 4.34. The second-order valence-electron chi connectivity index (χ2n) is 1.60. The molecule has 0 saturated carbocycles. The topological polar surface area (TPSA) is 69.9 Å². The average molecular weight is 124 g/mol. The lowest BCUT2D eigenvalue weighted by Gasteiger charge is -2.11. The summed E-state index contributed by atoms with van der Waals surface area (Å²) in [7, 11) is 0. The predicted molar refractivity (Wildman–Crippen MR) is 30.8 cm³/mol. The fourth-order valence-electron chi connectivity index (χ4n) is 0.525. The third-order valence-corrected chi connectivity index (χ3v) is 0.965. The third-order valence-electron chi connectivity index (χ3n) is 0.965. The van der Waals surface area contributed by atoms with E-state index >= 15 is 0 Å². The van der Waals surface area contributed by atoms with Crippen molar-refractivity contribution in [2.45, 2.75) is 6.23 Å². The van der Waals surface area contributed by atoms with Gasteiger partial charge in [0.05, 0.1) is 12.0 Å². The van der Waals surface area contributed by atoms with Gasteiger partial charge in [-0.2, -0.15) is 0 Å². The fourth-order valence-corrected chi connectivity index (χ4v) is 0.525. The first-order valence-electron chi connectivity index (χ1n) is 2.46. The molecule has 0 spiro atoms. The molecule has 0 aliphatic carbocycles. The van der Waals surface area contributed by atoms with Gasteiger partial charge in [0, 0.05) is 0 Å². The Labute approximate surface area is 52.5 Å². The van der Waals surface area contributed by atoms with Gasteiger partial charge in [0.2, 0.25) is 6.23 Å². The smallest absolute Gasteiger partial charge is 0.249 e. The third kappa shape index (κ3) is 1.07. The van der Waals surface area contributed by atoms with Crippen LogP contribution in [0.2, 0.25) is 0 Å². The normalized spacial score (nSPS) is 24.4. The van der Waals surface area contributed by atoms with Crippen LogP contribution < -0.4 is 11.3 Å². The van der Waals surface area contributed by atoms with Crippen LogP contribution in [-0.2, 0) is 4.74 Å². The molecule has 4 nitrogen and oxygen atoms in total. The van der Waals surface area contributed by atoms with E-state index < -0.39 is 6.23 Å². The van der Waals surface area contributed by atoms with Gasteiger partial charge in [0.25, 0.3) is 0 Å². The van der Waals surface area contributed by atoms with Crippen molar-refractivity contribution in [3.8, 4) is 0 Å². The molecule has 0 aromatic rings. The Bertz CT molecular complexity index is 173. The number of nitrogens with zero attached hydrogens (tertiary/aromatic N) is 2. The van der Waals surface area contributed by atoms with E-state index in [1.54, 1.807) is 12.2 Å². The lowest BCUT2D eigenvalue weighted by Crippen LogP contribution is -2.18. The van der Waals surface area contributed by atoms with E-state index in [0.29, 0.717) is 5.70 Å². The summed E-state index contributed by atoms with van der Waals surface area (Å²) < 4.78 is 4.75. The van der Waals surface area contributed by atoms with Crippen LogP contribution in [-0.4, -0.2) is 6.23 Å². The Morgan fingerprint density at radius 1 is 1.78 bits per heavy atom. The summed E-state index contributed by atoms with van der Waals surface area (Å²) in [4.78, 5) is 0.